The first-order valence-corrected chi connectivity index (χ1v) is 16.1. The predicted octanol–water partition coefficient (Wildman–Crippen LogP) is 5.58. The lowest BCUT2D eigenvalue weighted by atomic mass is 10.0. The summed E-state index contributed by atoms with van der Waals surface area (Å²) in [5, 5.41) is 11.5. The van der Waals surface area contributed by atoms with E-state index in [2.05, 4.69) is 19.6 Å². The smallest absolute Gasteiger partial charge is 0.184 e. The van der Waals surface area contributed by atoms with Gasteiger partial charge in [-0.25, -0.2) is 0 Å². The van der Waals surface area contributed by atoms with Crippen LogP contribution in [0.25, 0.3) is 0 Å². The SMILES string of the molecule is C[Si](C)(C)O[C@H]1[C@@H](O)[C@H](OCc2ccccc2)[C@@H](COCc2ccccc2)[C@@H]1OCc1ccccc1. The van der Waals surface area contributed by atoms with Crippen LogP contribution in [0, 0.1) is 5.92 Å². The molecule has 0 spiro atoms. The van der Waals surface area contributed by atoms with Gasteiger partial charge < -0.3 is 23.7 Å². The van der Waals surface area contributed by atoms with Gasteiger partial charge in [-0.2, -0.15) is 0 Å². The predicted molar refractivity (Wildman–Crippen MR) is 144 cm³/mol. The van der Waals surface area contributed by atoms with Crippen LogP contribution >= 0.6 is 0 Å². The number of aliphatic hydroxyl groups excluding tert-OH is 1. The summed E-state index contributed by atoms with van der Waals surface area (Å²) < 4.78 is 25.6. The van der Waals surface area contributed by atoms with Gasteiger partial charge in [-0.1, -0.05) is 91.0 Å². The maximum atomic E-state index is 11.5. The van der Waals surface area contributed by atoms with Crippen molar-refractivity contribution >= 4 is 8.32 Å². The third-order valence-corrected chi connectivity index (χ3v) is 7.30. The molecule has 1 fully saturated rings. The molecular formula is C30H38O5Si. The van der Waals surface area contributed by atoms with E-state index in [9.17, 15) is 5.11 Å². The number of hydrogen-bond donors (Lipinski definition) is 1. The fourth-order valence-electron chi connectivity index (χ4n) is 4.66. The molecule has 0 aliphatic heterocycles. The first-order chi connectivity index (χ1) is 17.4. The fourth-order valence-corrected chi connectivity index (χ4v) is 5.75. The van der Waals surface area contributed by atoms with Crippen molar-refractivity contribution in [2.75, 3.05) is 6.61 Å². The Hall–Kier alpha value is -2.32. The monoisotopic (exact) mass is 506 g/mol. The summed E-state index contributed by atoms with van der Waals surface area (Å²) in [5.41, 5.74) is 3.25. The molecule has 192 valence electrons. The van der Waals surface area contributed by atoms with E-state index in [0.29, 0.717) is 26.4 Å². The number of aliphatic hydroxyl groups is 1. The second-order valence-electron chi connectivity index (χ2n) is 10.4. The minimum Gasteiger partial charge on any atom is -0.409 e. The van der Waals surface area contributed by atoms with E-state index >= 15 is 0 Å². The van der Waals surface area contributed by atoms with Crippen molar-refractivity contribution < 1.29 is 23.7 Å². The number of hydrogen-bond acceptors (Lipinski definition) is 5. The Morgan fingerprint density at radius 3 is 1.53 bits per heavy atom. The molecule has 1 aliphatic carbocycles. The van der Waals surface area contributed by atoms with Crippen molar-refractivity contribution in [3.63, 3.8) is 0 Å². The lowest BCUT2D eigenvalue weighted by molar-refractivity contribution is -0.0871. The maximum absolute atomic E-state index is 11.5. The average Bonchev–Trinajstić information content (AvgIpc) is 3.11. The summed E-state index contributed by atoms with van der Waals surface area (Å²) in [5.74, 6) is -0.183. The van der Waals surface area contributed by atoms with E-state index in [1.54, 1.807) is 0 Å². The van der Waals surface area contributed by atoms with Crippen LogP contribution in [0.15, 0.2) is 91.0 Å². The molecule has 36 heavy (non-hydrogen) atoms. The van der Waals surface area contributed by atoms with Crippen molar-refractivity contribution in [2.45, 2.75) is 63.9 Å². The van der Waals surface area contributed by atoms with Crippen LogP contribution in [-0.2, 0) is 38.5 Å². The van der Waals surface area contributed by atoms with Gasteiger partial charge in [0.05, 0.1) is 38.6 Å². The molecule has 0 amide bonds. The van der Waals surface area contributed by atoms with Crippen molar-refractivity contribution in [3.05, 3.63) is 108 Å². The summed E-state index contributed by atoms with van der Waals surface area (Å²) >= 11 is 0. The maximum Gasteiger partial charge on any atom is 0.184 e. The van der Waals surface area contributed by atoms with E-state index in [1.807, 2.05) is 91.0 Å². The molecule has 1 N–H and O–H groups in total. The molecule has 0 radical (unpaired) electrons. The Kier molecular flexibility index (Phi) is 9.48. The molecule has 0 unspecified atom stereocenters. The molecule has 5 atom stereocenters. The molecule has 5 nitrogen and oxygen atoms in total. The highest BCUT2D eigenvalue weighted by Crippen LogP contribution is 2.37. The number of benzene rings is 3. The zero-order chi connectivity index (χ0) is 25.4. The van der Waals surface area contributed by atoms with Gasteiger partial charge in [0.15, 0.2) is 8.32 Å². The molecule has 0 aromatic heterocycles. The van der Waals surface area contributed by atoms with E-state index in [4.69, 9.17) is 18.6 Å². The Morgan fingerprint density at radius 2 is 1.06 bits per heavy atom. The first kappa shape index (κ1) is 26.7. The second kappa shape index (κ2) is 12.8. The lowest BCUT2D eigenvalue weighted by Gasteiger charge is -2.31. The van der Waals surface area contributed by atoms with Gasteiger partial charge in [0.25, 0.3) is 0 Å². The van der Waals surface area contributed by atoms with Gasteiger partial charge in [0.1, 0.15) is 12.2 Å². The topological polar surface area (TPSA) is 57.2 Å². The summed E-state index contributed by atoms with van der Waals surface area (Å²) in [6, 6.07) is 30.2. The third kappa shape index (κ3) is 7.59. The van der Waals surface area contributed by atoms with Crippen molar-refractivity contribution in [2.24, 2.45) is 5.92 Å². The lowest BCUT2D eigenvalue weighted by Crippen LogP contribution is -2.44. The Bertz CT molecular complexity index is 1030. The van der Waals surface area contributed by atoms with Crippen LogP contribution < -0.4 is 0 Å². The largest absolute Gasteiger partial charge is 0.409 e. The second-order valence-corrected chi connectivity index (χ2v) is 14.8. The normalized spacial score (nSPS) is 24.2. The zero-order valence-electron chi connectivity index (χ0n) is 21.5. The summed E-state index contributed by atoms with van der Waals surface area (Å²) in [4.78, 5) is 0. The van der Waals surface area contributed by atoms with E-state index in [1.165, 1.54) is 0 Å². The zero-order valence-corrected chi connectivity index (χ0v) is 22.5. The first-order valence-electron chi connectivity index (χ1n) is 12.7. The van der Waals surface area contributed by atoms with Crippen LogP contribution in [0.2, 0.25) is 19.6 Å². The van der Waals surface area contributed by atoms with Gasteiger partial charge in [0.2, 0.25) is 0 Å². The molecule has 1 saturated carbocycles. The highest BCUT2D eigenvalue weighted by Gasteiger charge is 2.53. The minimum atomic E-state index is -1.98. The highest BCUT2D eigenvalue weighted by molar-refractivity contribution is 6.69. The molecule has 0 bridgehead atoms. The van der Waals surface area contributed by atoms with Crippen LogP contribution in [0.3, 0.4) is 0 Å². The standard InChI is InChI=1S/C30H38O5Si/c1-36(2,3)35-30-27(31)28(33-20-24-15-9-5-10-16-24)26(22-32-19-23-13-7-4-8-14-23)29(30)34-21-25-17-11-6-12-18-25/h4-18,26-31H,19-22H2,1-3H3/t26-,27+,28-,29+,30+/m1/s1. The van der Waals surface area contributed by atoms with Crippen LogP contribution in [-0.4, -0.2) is 44.4 Å². The summed E-state index contributed by atoms with van der Waals surface area (Å²) in [7, 11) is -1.98. The molecular weight excluding hydrogens is 468 g/mol. The molecule has 1 aliphatic rings. The molecule has 0 saturated heterocycles. The van der Waals surface area contributed by atoms with Gasteiger partial charge in [-0.05, 0) is 36.3 Å². The molecule has 3 aromatic rings. The molecule has 3 aromatic carbocycles. The van der Waals surface area contributed by atoms with Crippen LogP contribution in [0.5, 0.6) is 0 Å². The van der Waals surface area contributed by atoms with E-state index in [0.717, 1.165) is 16.7 Å². The van der Waals surface area contributed by atoms with Gasteiger partial charge in [0, 0.05) is 5.92 Å². The quantitative estimate of drug-likeness (QED) is 0.325. The van der Waals surface area contributed by atoms with Crippen molar-refractivity contribution in [3.8, 4) is 0 Å². The molecule has 0 heterocycles. The molecule has 4 rings (SSSR count). The number of ether oxygens (including phenoxy) is 3. The van der Waals surface area contributed by atoms with E-state index < -0.39 is 26.6 Å². The van der Waals surface area contributed by atoms with E-state index in [-0.39, 0.29) is 12.0 Å². The average molecular weight is 507 g/mol. The summed E-state index contributed by atoms with van der Waals surface area (Å²) in [6.07, 6.45) is -2.12. The van der Waals surface area contributed by atoms with Crippen molar-refractivity contribution in [1.29, 1.82) is 0 Å². The third-order valence-electron chi connectivity index (χ3n) is 6.32. The summed E-state index contributed by atoms with van der Waals surface area (Å²) in [6.45, 7) is 8.13. The Morgan fingerprint density at radius 1 is 0.611 bits per heavy atom. The number of rotatable bonds is 12. The highest BCUT2D eigenvalue weighted by atomic mass is 28.4. The Balaban J connectivity index is 1.54. The van der Waals surface area contributed by atoms with Crippen molar-refractivity contribution in [1.82, 2.24) is 0 Å². The fraction of sp³-hybridized carbons (Fsp3) is 0.400. The van der Waals surface area contributed by atoms with Crippen LogP contribution in [0.1, 0.15) is 16.7 Å². The molecule has 6 heteroatoms. The minimum absolute atomic E-state index is 0.183. The van der Waals surface area contributed by atoms with Gasteiger partial charge >= 0.3 is 0 Å². The Labute approximate surface area is 216 Å². The van der Waals surface area contributed by atoms with Gasteiger partial charge in [-0.3, -0.25) is 0 Å². The van der Waals surface area contributed by atoms with Crippen LogP contribution in [0.4, 0.5) is 0 Å². The van der Waals surface area contributed by atoms with Gasteiger partial charge in [-0.15, -0.1) is 0 Å².